The van der Waals surface area contributed by atoms with E-state index in [1.54, 1.807) is 12.4 Å². The fraction of sp³-hybridized carbons (Fsp3) is 0.680. The Morgan fingerprint density at radius 1 is 1.08 bits per heavy atom. The van der Waals surface area contributed by atoms with Crippen molar-refractivity contribution < 1.29 is 22.7 Å². The van der Waals surface area contributed by atoms with Crippen LogP contribution in [-0.2, 0) is 9.16 Å². The maximum absolute atomic E-state index is 12.5. The Labute approximate surface area is 223 Å². The van der Waals surface area contributed by atoms with Crippen molar-refractivity contribution in [1.29, 1.82) is 0 Å². The number of fused-ring (bicyclic) bond motifs is 1. The van der Waals surface area contributed by atoms with Gasteiger partial charge in [0.15, 0.2) is 25.6 Å². The van der Waals surface area contributed by atoms with E-state index in [9.17, 15) is 8.78 Å². The zero-order valence-corrected chi connectivity index (χ0v) is 23.9. The van der Waals surface area contributed by atoms with Gasteiger partial charge in [-0.05, 0) is 35.4 Å². The minimum Gasteiger partial charge on any atom is -0.417 e. The van der Waals surface area contributed by atoms with Crippen LogP contribution < -0.4 is 10.1 Å². The predicted molar refractivity (Wildman–Crippen MR) is 143 cm³/mol. The summed E-state index contributed by atoms with van der Waals surface area (Å²) >= 11 is 0. The molecule has 0 amide bonds. The summed E-state index contributed by atoms with van der Waals surface area (Å²) in [6.07, 6.45) is 5.12. The van der Waals surface area contributed by atoms with Gasteiger partial charge in [-0.1, -0.05) is 41.5 Å². The number of nitrogens with zero attached hydrogens (tertiary/aromatic N) is 5. The molecule has 0 radical (unpaired) electrons. The highest BCUT2D eigenvalue weighted by atomic mass is 28.4. The number of aromatic nitrogens is 6. The van der Waals surface area contributed by atoms with Crippen molar-refractivity contribution in [2.45, 2.75) is 83.7 Å². The van der Waals surface area contributed by atoms with Crippen molar-refractivity contribution in [3.05, 3.63) is 18.5 Å². The zero-order chi connectivity index (χ0) is 27.4. The minimum absolute atomic E-state index is 0.0273. The Kier molecular flexibility index (Phi) is 8.99. The van der Waals surface area contributed by atoms with Crippen molar-refractivity contribution in [3.8, 4) is 5.88 Å². The van der Waals surface area contributed by atoms with E-state index in [0.29, 0.717) is 59.3 Å². The number of hydrogen-bond acceptors (Lipinski definition) is 8. The van der Waals surface area contributed by atoms with Crippen molar-refractivity contribution in [2.75, 3.05) is 25.1 Å². The van der Waals surface area contributed by atoms with Crippen LogP contribution in [0.25, 0.3) is 11.2 Å². The summed E-state index contributed by atoms with van der Waals surface area (Å²) in [5, 5.41) is 14.1. The molecule has 4 rings (SSSR count). The van der Waals surface area contributed by atoms with Crippen LogP contribution in [0.15, 0.2) is 18.5 Å². The third kappa shape index (κ3) is 5.99. The van der Waals surface area contributed by atoms with Gasteiger partial charge in [-0.3, -0.25) is 0 Å². The summed E-state index contributed by atoms with van der Waals surface area (Å²) in [7, 11) is -2.10. The van der Waals surface area contributed by atoms with Gasteiger partial charge < -0.3 is 19.2 Å². The molecule has 1 fully saturated rings. The highest BCUT2D eigenvalue weighted by molar-refractivity contribution is 6.77. The molecule has 0 spiro atoms. The van der Waals surface area contributed by atoms with Crippen LogP contribution in [0.1, 0.15) is 60.4 Å². The largest absolute Gasteiger partial charge is 0.417 e. The van der Waals surface area contributed by atoms with E-state index in [-0.39, 0.29) is 17.7 Å². The van der Waals surface area contributed by atoms with E-state index in [1.807, 2.05) is 4.68 Å². The molecular formula is C25H39F2N7O3Si. The zero-order valence-electron chi connectivity index (χ0n) is 22.9. The van der Waals surface area contributed by atoms with Gasteiger partial charge in [0.2, 0.25) is 5.88 Å². The SMILES string of the molecule is CC(C)[Si](OC[C@@H](C1CCOCC1)n1ncc2ncc(Nc3cc(OC(F)F)[nH]n3)nc21)(C(C)C)C(C)C. The maximum Gasteiger partial charge on any atom is 0.388 e. The Hall–Kier alpha value is -2.64. The lowest BCUT2D eigenvalue weighted by Gasteiger charge is -2.43. The van der Waals surface area contributed by atoms with Crippen LogP contribution in [0.5, 0.6) is 5.88 Å². The van der Waals surface area contributed by atoms with Gasteiger partial charge in [0, 0.05) is 19.3 Å². The summed E-state index contributed by atoms with van der Waals surface area (Å²) in [6, 6.07) is 1.31. The standard InChI is InChI=1S/C25H39F2N7O3Si/c1-15(2)38(16(3)4,17(5)6)36-14-20(18-7-9-35-10-8-18)34-24-19(12-29-34)28-13-22(31-24)30-21-11-23(33-32-21)37-25(26)27/h11-13,15-18,20,25H,7-10,14H2,1-6H3,(H2,30,31,32,33)/t20-/m0/s1. The van der Waals surface area contributed by atoms with Gasteiger partial charge in [0.05, 0.1) is 25.0 Å². The molecular weight excluding hydrogens is 512 g/mol. The topological polar surface area (TPSA) is 112 Å². The number of halogens is 2. The van der Waals surface area contributed by atoms with Crippen molar-refractivity contribution in [3.63, 3.8) is 0 Å². The summed E-state index contributed by atoms with van der Waals surface area (Å²) in [4.78, 5) is 9.29. The van der Waals surface area contributed by atoms with E-state index < -0.39 is 14.9 Å². The average Bonchev–Trinajstić information content (AvgIpc) is 3.48. The van der Waals surface area contributed by atoms with Crippen LogP contribution in [0, 0.1) is 5.92 Å². The summed E-state index contributed by atoms with van der Waals surface area (Å²) < 4.78 is 44.0. The minimum atomic E-state index is -2.94. The molecule has 0 aliphatic carbocycles. The van der Waals surface area contributed by atoms with E-state index in [4.69, 9.17) is 19.2 Å². The van der Waals surface area contributed by atoms with Gasteiger partial charge in [-0.2, -0.15) is 19.0 Å². The lowest BCUT2D eigenvalue weighted by Crippen LogP contribution is -2.49. The number of nitrogens with one attached hydrogen (secondary N) is 2. The van der Waals surface area contributed by atoms with Gasteiger partial charge in [-0.25, -0.2) is 19.7 Å². The molecule has 3 aromatic rings. The molecule has 1 aliphatic heterocycles. The summed E-state index contributed by atoms with van der Waals surface area (Å²) in [5.41, 5.74) is 2.69. The highest BCUT2D eigenvalue weighted by Crippen LogP contribution is 2.43. The third-order valence-corrected chi connectivity index (χ3v) is 13.7. The number of anilines is 2. The maximum atomic E-state index is 12.5. The monoisotopic (exact) mass is 551 g/mol. The molecule has 2 N–H and O–H groups in total. The number of H-pyrrole nitrogens is 1. The average molecular weight is 552 g/mol. The van der Waals surface area contributed by atoms with Crippen LogP contribution >= 0.6 is 0 Å². The first kappa shape index (κ1) is 28.4. The first-order valence-electron chi connectivity index (χ1n) is 13.3. The second-order valence-electron chi connectivity index (χ2n) is 10.8. The molecule has 3 aromatic heterocycles. The Balaban J connectivity index is 1.64. The quantitative estimate of drug-likeness (QED) is 0.262. The molecule has 10 nitrogen and oxygen atoms in total. The van der Waals surface area contributed by atoms with Gasteiger partial charge in [0.25, 0.3) is 0 Å². The normalized spacial score (nSPS) is 16.3. The molecule has 38 heavy (non-hydrogen) atoms. The fourth-order valence-corrected chi connectivity index (χ4v) is 11.5. The molecule has 0 bridgehead atoms. The lowest BCUT2D eigenvalue weighted by atomic mass is 9.92. The van der Waals surface area contributed by atoms with Crippen molar-refractivity contribution >= 4 is 31.1 Å². The van der Waals surface area contributed by atoms with Crippen LogP contribution in [0.4, 0.5) is 20.4 Å². The summed E-state index contributed by atoms with van der Waals surface area (Å²) in [6.45, 7) is 12.8. The predicted octanol–water partition coefficient (Wildman–Crippen LogP) is 6.05. The van der Waals surface area contributed by atoms with Gasteiger partial charge in [-0.15, -0.1) is 0 Å². The Bertz CT molecular complexity index is 1160. The number of alkyl halides is 2. The number of aromatic amines is 1. The van der Waals surface area contributed by atoms with E-state index in [2.05, 4.69) is 66.8 Å². The molecule has 1 saturated heterocycles. The van der Waals surface area contributed by atoms with Crippen LogP contribution in [-0.4, -0.2) is 64.7 Å². The van der Waals surface area contributed by atoms with Crippen LogP contribution in [0.2, 0.25) is 16.6 Å². The Morgan fingerprint density at radius 3 is 2.39 bits per heavy atom. The smallest absolute Gasteiger partial charge is 0.388 e. The molecule has 13 heteroatoms. The first-order chi connectivity index (χ1) is 18.1. The molecule has 210 valence electrons. The molecule has 0 unspecified atom stereocenters. The molecule has 1 aliphatic rings. The van der Waals surface area contributed by atoms with Gasteiger partial charge >= 0.3 is 6.61 Å². The number of rotatable bonds is 12. The van der Waals surface area contributed by atoms with Crippen molar-refractivity contribution in [1.82, 2.24) is 29.9 Å². The molecule has 0 saturated carbocycles. The van der Waals surface area contributed by atoms with E-state index >= 15 is 0 Å². The molecule has 0 aromatic carbocycles. The fourth-order valence-electron chi connectivity index (χ4n) is 6.02. The summed E-state index contributed by atoms with van der Waals surface area (Å²) in [5.74, 6) is 0.873. The third-order valence-electron chi connectivity index (χ3n) is 7.66. The van der Waals surface area contributed by atoms with E-state index in [1.165, 1.54) is 6.07 Å². The van der Waals surface area contributed by atoms with Crippen LogP contribution in [0.3, 0.4) is 0 Å². The molecule has 4 heterocycles. The Morgan fingerprint density at radius 2 is 1.76 bits per heavy atom. The van der Waals surface area contributed by atoms with Crippen molar-refractivity contribution in [2.24, 2.45) is 5.92 Å². The highest BCUT2D eigenvalue weighted by Gasteiger charge is 2.46. The lowest BCUT2D eigenvalue weighted by molar-refractivity contribution is -0.0528. The van der Waals surface area contributed by atoms with E-state index in [0.717, 1.165) is 12.8 Å². The van der Waals surface area contributed by atoms with Gasteiger partial charge in [0.1, 0.15) is 5.52 Å². The number of ether oxygens (including phenoxy) is 2. The second kappa shape index (κ2) is 12.0. The number of hydrogen-bond donors (Lipinski definition) is 2. The second-order valence-corrected chi connectivity index (χ2v) is 16.3. The molecule has 1 atom stereocenters. The first-order valence-corrected chi connectivity index (χ1v) is 15.4.